The van der Waals surface area contributed by atoms with E-state index in [4.69, 9.17) is 0 Å². The van der Waals surface area contributed by atoms with Crippen LogP contribution in [-0.4, -0.2) is 68.4 Å². The van der Waals surface area contributed by atoms with Crippen LogP contribution in [0.1, 0.15) is 52.0 Å². The smallest absolute Gasteiger partial charge is 0.270 e. The third-order valence-corrected chi connectivity index (χ3v) is 8.01. The van der Waals surface area contributed by atoms with Crippen molar-refractivity contribution in [3.05, 3.63) is 71.7 Å². The van der Waals surface area contributed by atoms with Crippen LogP contribution in [0, 0.1) is 0 Å². The molecular weight excluding hydrogens is 508 g/mol. The molecule has 1 aromatic carbocycles. The van der Waals surface area contributed by atoms with E-state index in [2.05, 4.69) is 32.6 Å². The van der Waals surface area contributed by atoms with Crippen LogP contribution in [0.2, 0.25) is 0 Å². The molecule has 0 radical (unpaired) electrons. The van der Waals surface area contributed by atoms with Crippen molar-refractivity contribution in [1.82, 2.24) is 34.0 Å². The molecule has 1 fully saturated rings. The van der Waals surface area contributed by atoms with Crippen LogP contribution in [0.3, 0.4) is 0 Å². The molecule has 12 nitrogen and oxygen atoms in total. The van der Waals surface area contributed by atoms with Crippen molar-refractivity contribution in [2.75, 3.05) is 24.2 Å². The van der Waals surface area contributed by atoms with Crippen molar-refractivity contribution in [1.29, 1.82) is 0 Å². The zero-order valence-electron chi connectivity index (χ0n) is 21.0. The Kier molecular flexibility index (Phi) is 6.85. The molecule has 38 heavy (non-hydrogen) atoms. The number of aryl methyl sites for hydroxylation is 1. The molecule has 0 saturated carbocycles. The molecule has 2 amide bonds. The van der Waals surface area contributed by atoms with Crippen molar-refractivity contribution in [2.45, 2.75) is 25.7 Å². The van der Waals surface area contributed by atoms with Crippen molar-refractivity contribution < 1.29 is 18.0 Å². The number of rotatable bonds is 7. The number of hydrogen-bond acceptors (Lipinski definition) is 8. The van der Waals surface area contributed by atoms with E-state index < -0.39 is 15.9 Å². The van der Waals surface area contributed by atoms with Gasteiger partial charge in [-0.05, 0) is 31.2 Å². The summed E-state index contributed by atoms with van der Waals surface area (Å²) in [5, 5.41) is 11.6. The van der Waals surface area contributed by atoms with Gasteiger partial charge >= 0.3 is 0 Å². The number of nitrogens with one attached hydrogen (secondary N) is 2. The quantitative estimate of drug-likeness (QED) is 0.366. The molecule has 198 valence electrons. The first kappa shape index (κ1) is 25.4. The Morgan fingerprint density at radius 2 is 1.76 bits per heavy atom. The van der Waals surface area contributed by atoms with Crippen LogP contribution in [0.25, 0.3) is 5.65 Å². The number of nitrogens with zero attached hydrogens (tertiary/aromatic N) is 6. The number of benzene rings is 1. The second-order valence-corrected chi connectivity index (χ2v) is 11.1. The topological polar surface area (TPSA) is 144 Å². The number of anilines is 2. The molecule has 1 saturated heterocycles. The highest BCUT2D eigenvalue weighted by molar-refractivity contribution is 7.90. The molecule has 1 aliphatic heterocycles. The molecule has 4 heterocycles. The predicted molar refractivity (Wildman–Crippen MR) is 141 cm³/mol. The van der Waals surface area contributed by atoms with Gasteiger partial charge in [-0.3, -0.25) is 14.3 Å². The Morgan fingerprint density at radius 1 is 1.03 bits per heavy atom. The van der Waals surface area contributed by atoms with Gasteiger partial charge in [0.25, 0.3) is 11.8 Å². The lowest BCUT2D eigenvalue weighted by atomic mass is 9.89. The molecular formula is C25H28N8O4S. The normalized spacial score (nSPS) is 14.5. The van der Waals surface area contributed by atoms with E-state index in [9.17, 15) is 18.0 Å². The minimum atomic E-state index is -3.78. The lowest BCUT2D eigenvalue weighted by molar-refractivity contribution is 0.0713. The maximum Gasteiger partial charge on any atom is 0.270 e. The van der Waals surface area contributed by atoms with Crippen molar-refractivity contribution in [2.24, 2.45) is 7.05 Å². The SMILES string of the molecule is CCS(=O)(=O)NC(=O)c1cnn2c(Nc3ccnn3C)c(C(=O)N3CCC(c4ccccc4)CC3)cnc12. The Hall–Kier alpha value is -4.26. The fourth-order valence-corrected chi connectivity index (χ4v) is 5.10. The highest BCUT2D eigenvalue weighted by atomic mass is 32.2. The summed E-state index contributed by atoms with van der Waals surface area (Å²) >= 11 is 0. The van der Waals surface area contributed by atoms with Crippen LogP contribution in [0.5, 0.6) is 0 Å². The van der Waals surface area contributed by atoms with Gasteiger partial charge in [-0.15, -0.1) is 0 Å². The minimum Gasteiger partial charge on any atom is -0.338 e. The average Bonchev–Trinajstić information content (AvgIpc) is 3.55. The maximum atomic E-state index is 13.7. The first-order chi connectivity index (χ1) is 18.3. The Balaban J connectivity index is 1.47. The number of fused-ring (bicyclic) bond motifs is 1. The van der Waals surface area contributed by atoms with Crippen LogP contribution < -0.4 is 10.0 Å². The highest BCUT2D eigenvalue weighted by Gasteiger charge is 2.29. The number of aromatic nitrogens is 5. The van der Waals surface area contributed by atoms with E-state index in [0.717, 1.165) is 12.8 Å². The lowest BCUT2D eigenvalue weighted by Crippen LogP contribution is -2.38. The van der Waals surface area contributed by atoms with Crippen molar-refractivity contribution in [3.63, 3.8) is 0 Å². The fourth-order valence-electron chi connectivity index (χ4n) is 4.57. The summed E-state index contributed by atoms with van der Waals surface area (Å²) in [6, 6.07) is 12.0. The molecule has 1 aliphatic rings. The van der Waals surface area contributed by atoms with E-state index in [1.54, 1.807) is 28.9 Å². The van der Waals surface area contributed by atoms with Gasteiger partial charge in [0.2, 0.25) is 10.0 Å². The van der Waals surface area contributed by atoms with E-state index in [-0.39, 0.29) is 28.4 Å². The number of sulfonamides is 1. The van der Waals surface area contributed by atoms with Gasteiger partial charge in [-0.1, -0.05) is 30.3 Å². The third-order valence-electron chi connectivity index (χ3n) is 6.75. The summed E-state index contributed by atoms with van der Waals surface area (Å²) in [6.07, 6.45) is 5.92. The molecule has 3 aromatic heterocycles. The molecule has 0 atom stereocenters. The zero-order chi connectivity index (χ0) is 26.9. The summed E-state index contributed by atoms with van der Waals surface area (Å²) in [4.78, 5) is 32.5. The number of piperidine rings is 1. The molecule has 0 bridgehead atoms. The number of hydrogen-bond donors (Lipinski definition) is 2. The minimum absolute atomic E-state index is 0.0299. The van der Waals surface area contributed by atoms with E-state index in [1.165, 1.54) is 29.4 Å². The summed E-state index contributed by atoms with van der Waals surface area (Å²) < 4.78 is 28.8. The van der Waals surface area contributed by atoms with Crippen LogP contribution in [0.15, 0.2) is 55.0 Å². The molecule has 0 spiro atoms. The molecule has 5 rings (SSSR count). The zero-order valence-corrected chi connectivity index (χ0v) is 21.9. The second-order valence-electron chi connectivity index (χ2n) is 9.09. The first-order valence-electron chi connectivity index (χ1n) is 12.3. The summed E-state index contributed by atoms with van der Waals surface area (Å²) in [5.41, 5.74) is 1.62. The summed E-state index contributed by atoms with van der Waals surface area (Å²) in [7, 11) is -2.04. The number of likely N-dealkylation sites (tertiary alicyclic amines) is 1. The molecule has 4 aromatic rings. The average molecular weight is 537 g/mol. The van der Waals surface area contributed by atoms with E-state index in [1.807, 2.05) is 22.9 Å². The van der Waals surface area contributed by atoms with Gasteiger partial charge < -0.3 is 10.2 Å². The Labute approximate surface area is 219 Å². The van der Waals surface area contributed by atoms with Gasteiger partial charge in [-0.2, -0.15) is 14.7 Å². The predicted octanol–water partition coefficient (Wildman–Crippen LogP) is 2.31. The number of amides is 2. The van der Waals surface area contributed by atoms with E-state index >= 15 is 0 Å². The van der Waals surface area contributed by atoms with Gasteiger partial charge in [0.05, 0.1) is 18.1 Å². The first-order valence-corrected chi connectivity index (χ1v) is 13.9. The number of carbonyl (C=O) groups excluding carboxylic acids is 2. The third kappa shape index (κ3) is 4.96. The monoisotopic (exact) mass is 536 g/mol. The largest absolute Gasteiger partial charge is 0.338 e. The Bertz CT molecular complexity index is 1590. The second kappa shape index (κ2) is 10.2. The van der Waals surface area contributed by atoms with Gasteiger partial charge in [0.1, 0.15) is 22.8 Å². The van der Waals surface area contributed by atoms with Crippen LogP contribution in [0.4, 0.5) is 11.6 Å². The van der Waals surface area contributed by atoms with Crippen LogP contribution >= 0.6 is 0 Å². The number of carbonyl (C=O) groups is 2. The summed E-state index contributed by atoms with van der Waals surface area (Å²) in [6.45, 7) is 2.60. The van der Waals surface area contributed by atoms with Crippen molar-refractivity contribution in [3.8, 4) is 0 Å². The molecule has 13 heteroatoms. The lowest BCUT2D eigenvalue weighted by Gasteiger charge is -2.32. The summed E-state index contributed by atoms with van der Waals surface area (Å²) in [5.74, 6) is -0.0400. The van der Waals surface area contributed by atoms with Gasteiger partial charge in [0.15, 0.2) is 5.65 Å². The standard InChI is InChI=1S/C25H28N8O4S/c1-3-38(36,37)30-24(34)19-16-28-33-22(19)26-15-20(23(33)29-21-9-12-27-31(21)2)25(35)32-13-10-18(11-14-32)17-7-5-4-6-8-17/h4-9,12,15-16,18,29H,3,10-11,13-14H2,1-2H3,(H,30,34). The molecule has 2 N–H and O–H groups in total. The van der Waals surface area contributed by atoms with E-state index in [0.29, 0.717) is 30.6 Å². The maximum absolute atomic E-state index is 13.7. The molecule has 0 unspecified atom stereocenters. The van der Waals surface area contributed by atoms with Crippen molar-refractivity contribution >= 4 is 39.1 Å². The van der Waals surface area contributed by atoms with Gasteiger partial charge in [-0.25, -0.2) is 18.1 Å². The molecule has 0 aliphatic carbocycles. The van der Waals surface area contributed by atoms with Crippen LogP contribution in [-0.2, 0) is 17.1 Å². The Morgan fingerprint density at radius 3 is 2.42 bits per heavy atom. The highest BCUT2D eigenvalue weighted by Crippen LogP contribution is 2.30. The van der Waals surface area contributed by atoms with Gasteiger partial charge in [0, 0.05) is 32.4 Å². The fraction of sp³-hybridized carbons (Fsp3) is 0.320.